The second-order valence-electron chi connectivity index (χ2n) is 5.58. The molecule has 0 saturated heterocycles. The van der Waals surface area contributed by atoms with Gasteiger partial charge < -0.3 is 0 Å². The van der Waals surface area contributed by atoms with Gasteiger partial charge in [-0.3, -0.25) is 4.40 Å². The Morgan fingerprint density at radius 1 is 1.09 bits per heavy atom. The molecule has 0 fully saturated rings. The summed E-state index contributed by atoms with van der Waals surface area (Å²) in [5.41, 5.74) is 5.65. The average Bonchev–Trinajstić information content (AvgIpc) is 2.90. The first kappa shape index (κ1) is 14.2. The second kappa shape index (κ2) is 5.03. The van der Waals surface area contributed by atoms with Crippen molar-refractivity contribution in [2.45, 2.75) is 13.8 Å². The van der Waals surface area contributed by atoms with E-state index in [1.807, 2.05) is 36.4 Å². The first-order chi connectivity index (χ1) is 11.0. The Morgan fingerprint density at radius 3 is 2.70 bits per heavy atom. The molecule has 0 atom stereocenters. The Hall–Kier alpha value is -2.46. The van der Waals surface area contributed by atoms with Crippen LogP contribution in [0.2, 0.25) is 5.02 Å². The van der Waals surface area contributed by atoms with E-state index in [0.29, 0.717) is 10.5 Å². The van der Waals surface area contributed by atoms with Gasteiger partial charge in [0.15, 0.2) is 0 Å². The standard InChI is InChI=1S/C18H13ClFN3/c1-10-18-11(2)22-17-15(12-4-3-5-13(19)6-12)7-14(20)8-16(17)23(18)9-21-10/h3-9H,1-2H3. The molecule has 0 N–H and O–H groups in total. The number of fused-ring (bicyclic) bond motifs is 3. The van der Waals surface area contributed by atoms with E-state index in [9.17, 15) is 4.39 Å². The highest BCUT2D eigenvalue weighted by atomic mass is 35.5. The third kappa shape index (κ3) is 2.18. The van der Waals surface area contributed by atoms with Crippen LogP contribution in [0.1, 0.15) is 11.4 Å². The van der Waals surface area contributed by atoms with Crippen LogP contribution in [0.15, 0.2) is 42.7 Å². The SMILES string of the molecule is Cc1ncn2c1c(C)nc1c(-c3cccc(Cl)c3)cc(F)cc12. The molecule has 0 saturated carbocycles. The fourth-order valence-corrected chi connectivity index (χ4v) is 3.23. The molecule has 3 nitrogen and oxygen atoms in total. The van der Waals surface area contributed by atoms with Gasteiger partial charge in [0, 0.05) is 16.7 Å². The van der Waals surface area contributed by atoms with Crippen LogP contribution < -0.4 is 0 Å². The highest BCUT2D eigenvalue weighted by Gasteiger charge is 2.14. The predicted octanol–water partition coefficient (Wildman–Crippen LogP) is 4.96. The summed E-state index contributed by atoms with van der Waals surface area (Å²) in [5.74, 6) is -0.314. The van der Waals surface area contributed by atoms with Crippen molar-refractivity contribution in [1.82, 2.24) is 14.4 Å². The molecule has 4 aromatic rings. The minimum Gasteiger partial charge on any atom is -0.295 e. The molecule has 114 valence electrons. The fourth-order valence-electron chi connectivity index (χ4n) is 3.04. The summed E-state index contributed by atoms with van der Waals surface area (Å²) in [6.07, 6.45) is 1.71. The van der Waals surface area contributed by atoms with E-state index in [2.05, 4.69) is 4.98 Å². The van der Waals surface area contributed by atoms with Gasteiger partial charge >= 0.3 is 0 Å². The summed E-state index contributed by atoms with van der Waals surface area (Å²) in [6.45, 7) is 3.86. The molecule has 0 bridgehead atoms. The summed E-state index contributed by atoms with van der Waals surface area (Å²) < 4.78 is 16.1. The molecule has 0 spiro atoms. The minimum atomic E-state index is -0.314. The van der Waals surface area contributed by atoms with Gasteiger partial charge in [-0.25, -0.2) is 14.4 Å². The predicted molar refractivity (Wildman–Crippen MR) is 90.4 cm³/mol. The number of hydrogen-bond donors (Lipinski definition) is 0. The Kier molecular flexibility index (Phi) is 3.10. The molecular formula is C18H13ClFN3. The molecule has 5 heteroatoms. The number of halogens is 2. The first-order valence-electron chi connectivity index (χ1n) is 7.24. The molecule has 0 aliphatic rings. The van der Waals surface area contributed by atoms with Crippen LogP contribution in [0.5, 0.6) is 0 Å². The Bertz CT molecular complexity index is 1070. The van der Waals surface area contributed by atoms with Gasteiger partial charge in [-0.05, 0) is 37.6 Å². The van der Waals surface area contributed by atoms with Gasteiger partial charge in [0.1, 0.15) is 12.1 Å². The number of hydrogen-bond acceptors (Lipinski definition) is 2. The van der Waals surface area contributed by atoms with Crippen molar-refractivity contribution in [2.24, 2.45) is 0 Å². The van der Waals surface area contributed by atoms with Gasteiger partial charge in [-0.1, -0.05) is 23.7 Å². The Morgan fingerprint density at radius 2 is 1.91 bits per heavy atom. The molecule has 2 heterocycles. The van der Waals surface area contributed by atoms with Crippen LogP contribution in [0, 0.1) is 19.7 Å². The van der Waals surface area contributed by atoms with E-state index in [4.69, 9.17) is 16.6 Å². The van der Waals surface area contributed by atoms with Crippen molar-refractivity contribution < 1.29 is 4.39 Å². The number of aromatic nitrogens is 3. The van der Waals surface area contributed by atoms with Gasteiger partial charge in [-0.2, -0.15) is 0 Å². The van der Waals surface area contributed by atoms with Crippen LogP contribution in [-0.4, -0.2) is 14.4 Å². The summed E-state index contributed by atoms with van der Waals surface area (Å²) in [7, 11) is 0. The number of aryl methyl sites for hydroxylation is 2. The number of rotatable bonds is 1. The molecule has 4 rings (SSSR count). The average molecular weight is 326 g/mol. The van der Waals surface area contributed by atoms with Crippen LogP contribution >= 0.6 is 11.6 Å². The maximum atomic E-state index is 14.2. The van der Waals surface area contributed by atoms with Crippen molar-refractivity contribution >= 4 is 28.2 Å². The third-order valence-corrected chi connectivity index (χ3v) is 4.26. The van der Waals surface area contributed by atoms with Gasteiger partial charge in [0.2, 0.25) is 0 Å². The molecule has 0 radical (unpaired) electrons. The number of imidazole rings is 1. The minimum absolute atomic E-state index is 0.314. The lowest BCUT2D eigenvalue weighted by molar-refractivity contribution is 0.629. The Balaban J connectivity index is 2.17. The van der Waals surface area contributed by atoms with Crippen molar-refractivity contribution in [3.63, 3.8) is 0 Å². The molecular weight excluding hydrogens is 313 g/mol. The zero-order valence-corrected chi connectivity index (χ0v) is 13.4. The van der Waals surface area contributed by atoms with Crippen LogP contribution in [0.3, 0.4) is 0 Å². The van der Waals surface area contributed by atoms with Crippen molar-refractivity contribution in [2.75, 3.05) is 0 Å². The second-order valence-corrected chi connectivity index (χ2v) is 6.01. The lowest BCUT2D eigenvalue weighted by Gasteiger charge is -2.11. The largest absolute Gasteiger partial charge is 0.295 e. The summed E-state index contributed by atoms with van der Waals surface area (Å²) in [6, 6.07) is 10.3. The molecule has 0 amide bonds. The smallest absolute Gasteiger partial charge is 0.126 e. The van der Waals surface area contributed by atoms with Crippen LogP contribution in [0.25, 0.3) is 27.7 Å². The fraction of sp³-hybridized carbons (Fsp3) is 0.111. The van der Waals surface area contributed by atoms with E-state index >= 15 is 0 Å². The normalized spacial score (nSPS) is 11.5. The lowest BCUT2D eigenvalue weighted by atomic mass is 10.0. The highest BCUT2D eigenvalue weighted by Crippen LogP contribution is 2.31. The number of benzene rings is 2. The lowest BCUT2D eigenvalue weighted by Crippen LogP contribution is -1.98. The third-order valence-electron chi connectivity index (χ3n) is 4.02. The molecule has 0 aliphatic carbocycles. The van der Waals surface area contributed by atoms with E-state index < -0.39 is 0 Å². The first-order valence-corrected chi connectivity index (χ1v) is 7.62. The summed E-state index contributed by atoms with van der Waals surface area (Å²) in [4.78, 5) is 9.05. The zero-order valence-electron chi connectivity index (χ0n) is 12.6. The van der Waals surface area contributed by atoms with Crippen molar-refractivity contribution in [3.8, 4) is 11.1 Å². The maximum Gasteiger partial charge on any atom is 0.126 e. The highest BCUT2D eigenvalue weighted by molar-refractivity contribution is 6.30. The maximum absolute atomic E-state index is 14.2. The topological polar surface area (TPSA) is 30.2 Å². The van der Waals surface area contributed by atoms with Gasteiger partial charge in [0.05, 0.1) is 27.9 Å². The molecule has 2 aromatic heterocycles. The van der Waals surface area contributed by atoms with Crippen LogP contribution in [-0.2, 0) is 0 Å². The van der Waals surface area contributed by atoms with E-state index in [0.717, 1.165) is 33.5 Å². The molecule has 0 aliphatic heterocycles. The summed E-state index contributed by atoms with van der Waals surface area (Å²) in [5, 5.41) is 0.608. The number of nitrogens with zero attached hydrogens (tertiary/aromatic N) is 3. The summed E-state index contributed by atoms with van der Waals surface area (Å²) >= 11 is 6.09. The molecule has 23 heavy (non-hydrogen) atoms. The van der Waals surface area contributed by atoms with E-state index in [-0.39, 0.29) is 5.82 Å². The van der Waals surface area contributed by atoms with Crippen molar-refractivity contribution in [1.29, 1.82) is 0 Å². The van der Waals surface area contributed by atoms with E-state index in [1.54, 1.807) is 12.4 Å². The monoisotopic (exact) mass is 325 g/mol. The Labute approximate surface area is 137 Å². The van der Waals surface area contributed by atoms with Gasteiger partial charge in [-0.15, -0.1) is 0 Å². The van der Waals surface area contributed by atoms with E-state index in [1.165, 1.54) is 12.1 Å². The van der Waals surface area contributed by atoms with Crippen molar-refractivity contribution in [3.05, 3.63) is 65.0 Å². The molecule has 0 unspecified atom stereocenters. The molecule has 2 aromatic carbocycles. The zero-order chi connectivity index (χ0) is 16.1. The van der Waals surface area contributed by atoms with Gasteiger partial charge in [0.25, 0.3) is 0 Å². The van der Waals surface area contributed by atoms with Crippen LogP contribution in [0.4, 0.5) is 4.39 Å². The quantitative estimate of drug-likeness (QED) is 0.495.